The van der Waals surface area contributed by atoms with Crippen LogP contribution in [0, 0.1) is 0 Å². The van der Waals surface area contributed by atoms with Gasteiger partial charge in [0.25, 0.3) is 5.78 Å². The molecule has 0 radical (unpaired) electrons. The number of aromatic nitrogens is 4. The molecule has 0 unspecified atom stereocenters. The number of piperazine rings is 1. The monoisotopic (exact) mass is 488 g/mol. The van der Waals surface area contributed by atoms with Gasteiger partial charge < -0.3 is 4.90 Å². The first-order chi connectivity index (χ1) is 16.2. The van der Waals surface area contributed by atoms with E-state index in [0.29, 0.717) is 30.3 Å². The number of halogens is 3. The van der Waals surface area contributed by atoms with Crippen molar-refractivity contribution in [2.24, 2.45) is 0 Å². The van der Waals surface area contributed by atoms with E-state index in [-0.39, 0.29) is 23.8 Å². The molecule has 0 aliphatic carbocycles. The maximum absolute atomic E-state index is 13.2. The minimum Gasteiger partial charge on any atom is -0.337 e. The summed E-state index contributed by atoms with van der Waals surface area (Å²) in [4.78, 5) is 10.7. The SMILES string of the molecule is O=S(=O)(c1ccccc1)N1CCN(c2nc3nccc(-c4cccc(C(F)(F)F)c4)n3n2)CC1. The summed E-state index contributed by atoms with van der Waals surface area (Å²) in [6.07, 6.45) is -3.00. The fraction of sp³-hybridized carbons (Fsp3) is 0.227. The number of hydrogen-bond donors (Lipinski definition) is 0. The van der Waals surface area contributed by atoms with E-state index in [1.165, 1.54) is 21.1 Å². The highest BCUT2D eigenvalue weighted by atomic mass is 32.2. The van der Waals surface area contributed by atoms with Crippen molar-refractivity contribution in [3.63, 3.8) is 0 Å². The zero-order valence-electron chi connectivity index (χ0n) is 17.7. The van der Waals surface area contributed by atoms with Gasteiger partial charge in [-0.2, -0.15) is 27.0 Å². The maximum atomic E-state index is 13.2. The standard InChI is InChI=1S/C22H19F3N6O2S/c23-22(24,25)17-6-4-5-16(15-17)19-9-10-26-20-27-21(28-31(19)20)29-11-13-30(14-12-29)34(32,33)18-7-2-1-3-8-18/h1-10,15H,11-14H2. The molecule has 0 atom stereocenters. The van der Waals surface area contributed by atoms with Crippen LogP contribution in [0.5, 0.6) is 0 Å². The van der Waals surface area contributed by atoms with E-state index in [1.807, 2.05) is 4.90 Å². The fourth-order valence-corrected chi connectivity index (χ4v) is 5.30. The third-order valence-corrected chi connectivity index (χ3v) is 7.53. The summed E-state index contributed by atoms with van der Waals surface area (Å²) < 4.78 is 68.0. The van der Waals surface area contributed by atoms with Gasteiger partial charge in [0, 0.05) is 37.9 Å². The van der Waals surface area contributed by atoms with E-state index in [1.54, 1.807) is 42.5 Å². The first-order valence-electron chi connectivity index (χ1n) is 10.4. The van der Waals surface area contributed by atoms with Crippen LogP contribution in [0.15, 0.2) is 71.8 Å². The molecule has 4 aromatic rings. The molecule has 0 spiro atoms. The second-order valence-electron chi connectivity index (χ2n) is 7.74. The number of nitrogens with zero attached hydrogens (tertiary/aromatic N) is 6. The topological polar surface area (TPSA) is 83.7 Å². The Hall–Kier alpha value is -3.51. The maximum Gasteiger partial charge on any atom is 0.416 e. The van der Waals surface area contributed by atoms with Gasteiger partial charge in [-0.25, -0.2) is 13.4 Å². The third-order valence-electron chi connectivity index (χ3n) is 5.62. The van der Waals surface area contributed by atoms with Gasteiger partial charge in [0.15, 0.2) is 0 Å². The highest BCUT2D eigenvalue weighted by Crippen LogP contribution is 2.32. The first-order valence-corrected chi connectivity index (χ1v) is 11.9. The van der Waals surface area contributed by atoms with E-state index in [0.717, 1.165) is 12.1 Å². The molecule has 1 saturated heterocycles. The first kappa shape index (κ1) is 22.3. The van der Waals surface area contributed by atoms with Gasteiger partial charge in [-0.3, -0.25) is 0 Å². The van der Waals surface area contributed by atoms with Crippen molar-refractivity contribution >= 4 is 21.7 Å². The van der Waals surface area contributed by atoms with Crippen molar-refractivity contribution in [2.75, 3.05) is 31.1 Å². The van der Waals surface area contributed by atoms with Crippen LogP contribution < -0.4 is 4.90 Å². The van der Waals surface area contributed by atoms with E-state index < -0.39 is 21.8 Å². The second-order valence-corrected chi connectivity index (χ2v) is 9.67. The molecule has 2 aromatic carbocycles. The summed E-state index contributed by atoms with van der Waals surface area (Å²) >= 11 is 0. The smallest absolute Gasteiger partial charge is 0.337 e. The predicted octanol–water partition coefficient (Wildman–Crippen LogP) is 3.32. The lowest BCUT2D eigenvalue weighted by Gasteiger charge is -2.33. The quantitative estimate of drug-likeness (QED) is 0.438. The van der Waals surface area contributed by atoms with Gasteiger partial charge >= 0.3 is 6.18 Å². The lowest BCUT2D eigenvalue weighted by atomic mass is 10.1. The van der Waals surface area contributed by atoms with E-state index in [4.69, 9.17) is 0 Å². The second kappa shape index (κ2) is 8.37. The number of sulfonamides is 1. The minimum absolute atomic E-state index is 0.240. The molecule has 1 aliphatic heterocycles. The predicted molar refractivity (Wildman–Crippen MR) is 119 cm³/mol. The summed E-state index contributed by atoms with van der Waals surface area (Å²) in [6, 6.07) is 14.8. The van der Waals surface area contributed by atoms with Crippen molar-refractivity contribution in [3.8, 4) is 11.3 Å². The molecule has 0 N–H and O–H groups in total. The van der Waals surface area contributed by atoms with Crippen molar-refractivity contribution in [2.45, 2.75) is 11.1 Å². The van der Waals surface area contributed by atoms with E-state index >= 15 is 0 Å². The molecule has 2 aromatic heterocycles. The van der Waals surface area contributed by atoms with E-state index in [9.17, 15) is 21.6 Å². The molecule has 1 aliphatic rings. The van der Waals surface area contributed by atoms with Gasteiger partial charge in [-0.15, -0.1) is 5.10 Å². The summed E-state index contributed by atoms with van der Waals surface area (Å²) in [6.45, 7) is 1.23. The Morgan fingerprint density at radius 3 is 2.32 bits per heavy atom. The van der Waals surface area contributed by atoms with Gasteiger partial charge in [0.05, 0.1) is 16.2 Å². The van der Waals surface area contributed by atoms with Crippen LogP contribution in [0.2, 0.25) is 0 Å². The Kier molecular flexibility index (Phi) is 5.48. The Labute approximate surface area is 193 Å². The van der Waals surface area contributed by atoms with E-state index in [2.05, 4.69) is 15.1 Å². The summed E-state index contributed by atoms with van der Waals surface area (Å²) in [7, 11) is -3.59. The molecule has 12 heteroatoms. The van der Waals surface area contributed by atoms with Gasteiger partial charge in [-0.05, 0) is 30.3 Å². The van der Waals surface area contributed by atoms with Crippen LogP contribution in [0.4, 0.5) is 19.1 Å². The summed E-state index contributed by atoms with van der Waals surface area (Å²) in [5, 5.41) is 4.47. The van der Waals surface area contributed by atoms with Crippen LogP contribution in [-0.2, 0) is 16.2 Å². The zero-order chi connectivity index (χ0) is 23.9. The van der Waals surface area contributed by atoms with Crippen LogP contribution >= 0.6 is 0 Å². The highest BCUT2D eigenvalue weighted by Gasteiger charge is 2.31. The number of hydrogen-bond acceptors (Lipinski definition) is 6. The van der Waals surface area contributed by atoms with Crippen molar-refractivity contribution < 1.29 is 21.6 Å². The Morgan fingerprint density at radius 2 is 1.62 bits per heavy atom. The molecular formula is C22H19F3N6O2S. The molecule has 34 heavy (non-hydrogen) atoms. The molecule has 176 valence electrons. The fourth-order valence-electron chi connectivity index (χ4n) is 3.86. The van der Waals surface area contributed by atoms with Gasteiger partial charge in [0.1, 0.15) is 0 Å². The molecule has 5 rings (SSSR count). The number of anilines is 1. The van der Waals surface area contributed by atoms with Gasteiger partial charge in [-0.1, -0.05) is 30.3 Å². The van der Waals surface area contributed by atoms with Crippen molar-refractivity contribution in [1.29, 1.82) is 0 Å². The molecular weight excluding hydrogens is 469 g/mol. The molecule has 0 bridgehead atoms. The Balaban J connectivity index is 1.40. The molecule has 0 amide bonds. The Bertz CT molecular complexity index is 1430. The average molecular weight is 488 g/mol. The van der Waals surface area contributed by atoms with Crippen molar-refractivity contribution in [1.82, 2.24) is 23.9 Å². The average Bonchev–Trinajstić information content (AvgIpc) is 3.29. The zero-order valence-corrected chi connectivity index (χ0v) is 18.5. The number of fused-ring (bicyclic) bond motifs is 1. The largest absolute Gasteiger partial charge is 0.416 e. The molecule has 8 nitrogen and oxygen atoms in total. The normalized spacial score (nSPS) is 15.7. The highest BCUT2D eigenvalue weighted by molar-refractivity contribution is 7.89. The lowest BCUT2D eigenvalue weighted by Crippen LogP contribution is -2.49. The van der Waals surface area contributed by atoms with Crippen LogP contribution in [0.1, 0.15) is 5.56 Å². The molecule has 1 fully saturated rings. The van der Waals surface area contributed by atoms with Gasteiger partial charge in [0.2, 0.25) is 16.0 Å². The Morgan fingerprint density at radius 1 is 0.882 bits per heavy atom. The minimum atomic E-state index is -4.46. The third kappa shape index (κ3) is 4.10. The summed E-state index contributed by atoms with van der Waals surface area (Å²) in [5.41, 5.74) is -0.0105. The molecule has 0 saturated carbocycles. The van der Waals surface area contributed by atoms with Crippen LogP contribution in [0.3, 0.4) is 0 Å². The van der Waals surface area contributed by atoms with Crippen molar-refractivity contribution in [3.05, 3.63) is 72.4 Å². The summed E-state index contributed by atoms with van der Waals surface area (Å²) in [5.74, 6) is 0.577. The van der Waals surface area contributed by atoms with Crippen LogP contribution in [0.25, 0.3) is 17.0 Å². The molecule has 3 heterocycles. The number of alkyl halides is 3. The number of benzene rings is 2. The number of rotatable bonds is 4. The van der Waals surface area contributed by atoms with Crippen LogP contribution in [-0.4, -0.2) is 58.5 Å². The lowest BCUT2D eigenvalue weighted by molar-refractivity contribution is -0.137.